The van der Waals surface area contributed by atoms with E-state index < -0.39 is 0 Å². The van der Waals surface area contributed by atoms with Crippen LogP contribution in [0.15, 0.2) is 133 Å². The summed E-state index contributed by atoms with van der Waals surface area (Å²) in [6, 6.07) is 46.5. The molecule has 0 N–H and O–H groups in total. The molecule has 4 nitrogen and oxygen atoms in total. The Morgan fingerprint density at radius 1 is 0.280 bits per heavy atom. The first kappa shape index (κ1) is 29.8. The number of hydrogen-bond acceptors (Lipinski definition) is 4. The van der Waals surface area contributed by atoms with Crippen LogP contribution in [0.3, 0.4) is 0 Å². The highest BCUT2D eigenvalue weighted by atomic mass is 14.8. The van der Waals surface area contributed by atoms with Crippen LogP contribution in [0.5, 0.6) is 0 Å². The van der Waals surface area contributed by atoms with Crippen molar-refractivity contribution < 1.29 is 0 Å². The third-order valence-electron chi connectivity index (χ3n) is 10.4. The van der Waals surface area contributed by atoms with Gasteiger partial charge in [0.2, 0.25) is 0 Å². The highest BCUT2D eigenvalue weighted by Gasteiger charge is 2.16. The topological polar surface area (TPSA) is 51.6 Å². The average Bonchev–Trinajstić information content (AvgIpc) is 3.19. The normalized spacial score (nSPS) is 11.6. The monoisotopic (exact) mass is 642 g/mol. The molecule has 0 saturated carbocycles. The van der Waals surface area contributed by atoms with Crippen molar-refractivity contribution in [3.05, 3.63) is 156 Å². The smallest absolute Gasteiger partial charge is 0.0975 e. The van der Waals surface area contributed by atoms with Crippen molar-refractivity contribution in [2.24, 2.45) is 0 Å². The molecule has 0 fully saturated rings. The zero-order valence-electron chi connectivity index (χ0n) is 28.5. The predicted molar refractivity (Wildman–Crippen MR) is 208 cm³/mol. The summed E-state index contributed by atoms with van der Waals surface area (Å²) in [7, 11) is 0. The molecule has 0 unspecified atom stereocenters. The van der Waals surface area contributed by atoms with Gasteiger partial charge in [-0.25, -0.2) is 19.9 Å². The number of nitrogens with zero attached hydrogens (tertiary/aromatic N) is 4. The quantitative estimate of drug-likeness (QED) is 0.179. The molecule has 0 aliphatic rings. The van der Waals surface area contributed by atoms with Gasteiger partial charge in [0.1, 0.15) is 0 Å². The second kappa shape index (κ2) is 11.7. The predicted octanol–water partition coefficient (Wildman–Crippen LogP) is 11.8. The van der Waals surface area contributed by atoms with E-state index in [1.54, 1.807) is 0 Å². The maximum atomic E-state index is 5.30. The molecule has 5 aromatic carbocycles. The molecule has 9 aromatic rings. The van der Waals surface area contributed by atoms with E-state index in [9.17, 15) is 0 Å². The van der Waals surface area contributed by atoms with E-state index in [0.717, 1.165) is 88.6 Å². The summed E-state index contributed by atoms with van der Waals surface area (Å²) in [5.41, 5.74) is 16.6. The summed E-state index contributed by atoms with van der Waals surface area (Å²) in [5, 5.41) is 4.53. The summed E-state index contributed by atoms with van der Waals surface area (Å²) in [4.78, 5) is 21.0. The standard InChI is InChI=1S/C46H34N4/c1-27-29(3)37-20-24-41(49-45(37)43-35(27)18-22-39(47-43)31-12-7-5-8-13-31)33-16-11-17-34(26-33)42-25-21-38-30(4)28(2)36-19-23-40(32-14-9-6-10-15-32)48-44(36)46(38)50-42/h5-26H,1-4H3. The summed E-state index contributed by atoms with van der Waals surface area (Å²) in [6.07, 6.45) is 0. The molecule has 238 valence electrons. The van der Waals surface area contributed by atoms with Gasteiger partial charge in [0.05, 0.1) is 44.8 Å². The van der Waals surface area contributed by atoms with E-state index in [-0.39, 0.29) is 0 Å². The number of rotatable bonds is 4. The van der Waals surface area contributed by atoms with Crippen LogP contribution in [0.2, 0.25) is 0 Å². The molecule has 4 heteroatoms. The minimum absolute atomic E-state index is 0.905. The second-order valence-corrected chi connectivity index (χ2v) is 13.2. The fourth-order valence-corrected chi connectivity index (χ4v) is 7.28. The molecule has 0 aliphatic heterocycles. The van der Waals surface area contributed by atoms with E-state index in [1.165, 1.54) is 22.3 Å². The van der Waals surface area contributed by atoms with Crippen molar-refractivity contribution in [2.75, 3.05) is 0 Å². The molecule has 0 bridgehead atoms. The van der Waals surface area contributed by atoms with Crippen LogP contribution >= 0.6 is 0 Å². The average molecular weight is 643 g/mol. The maximum absolute atomic E-state index is 5.30. The van der Waals surface area contributed by atoms with Gasteiger partial charge >= 0.3 is 0 Å². The Kier molecular flexibility index (Phi) is 6.99. The SMILES string of the molecule is Cc1c(C)c2ccc(-c3cccc(-c4ccc5c(C)c(C)c6ccc(-c7ccccc7)nc6c5n4)c3)nc2c2nc(-c3ccccc3)ccc12. The van der Waals surface area contributed by atoms with Gasteiger partial charge in [0.25, 0.3) is 0 Å². The Balaban J connectivity index is 1.19. The number of pyridine rings is 4. The third-order valence-corrected chi connectivity index (χ3v) is 10.4. The number of fused-ring (bicyclic) bond motifs is 6. The second-order valence-electron chi connectivity index (χ2n) is 13.2. The van der Waals surface area contributed by atoms with Gasteiger partial charge in [0, 0.05) is 43.8 Å². The molecule has 0 saturated heterocycles. The molecular formula is C46H34N4. The molecule has 50 heavy (non-hydrogen) atoms. The minimum atomic E-state index is 0.905. The molecule has 0 spiro atoms. The highest BCUT2D eigenvalue weighted by molar-refractivity contribution is 6.09. The molecular weight excluding hydrogens is 609 g/mol. The largest absolute Gasteiger partial charge is 0.245 e. The Hall–Kier alpha value is -6.26. The van der Waals surface area contributed by atoms with Crippen molar-refractivity contribution >= 4 is 43.6 Å². The van der Waals surface area contributed by atoms with Crippen LogP contribution in [0.4, 0.5) is 0 Å². The summed E-state index contributed by atoms with van der Waals surface area (Å²) < 4.78 is 0. The Morgan fingerprint density at radius 3 is 0.880 bits per heavy atom. The van der Waals surface area contributed by atoms with Gasteiger partial charge < -0.3 is 0 Å². The van der Waals surface area contributed by atoms with Crippen LogP contribution < -0.4 is 0 Å². The highest BCUT2D eigenvalue weighted by Crippen LogP contribution is 2.36. The van der Waals surface area contributed by atoms with Gasteiger partial charge in [-0.1, -0.05) is 103 Å². The molecule has 0 atom stereocenters. The minimum Gasteiger partial charge on any atom is -0.245 e. The Labute approximate surface area is 291 Å². The van der Waals surface area contributed by atoms with Crippen molar-refractivity contribution in [1.29, 1.82) is 0 Å². The zero-order chi connectivity index (χ0) is 33.9. The molecule has 0 radical (unpaired) electrons. The first-order valence-electron chi connectivity index (χ1n) is 17.1. The van der Waals surface area contributed by atoms with Crippen LogP contribution in [-0.2, 0) is 0 Å². The van der Waals surface area contributed by atoms with Crippen LogP contribution in [0, 0.1) is 27.7 Å². The number of aryl methyl sites for hydroxylation is 4. The number of benzene rings is 5. The van der Waals surface area contributed by atoms with Crippen molar-refractivity contribution in [3.8, 4) is 45.0 Å². The van der Waals surface area contributed by atoms with E-state index in [0.29, 0.717) is 0 Å². The first-order chi connectivity index (χ1) is 24.4. The van der Waals surface area contributed by atoms with Crippen LogP contribution in [0.1, 0.15) is 22.3 Å². The molecule has 9 rings (SSSR count). The van der Waals surface area contributed by atoms with Gasteiger partial charge in [-0.2, -0.15) is 0 Å². The first-order valence-corrected chi connectivity index (χ1v) is 17.1. The Morgan fingerprint density at radius 2 is 0.560 bits per heavy atom. The summed E-state index contributed by atoms with van der Waals surface area (Å²) in [6.45, 7) is 8.72. The van der Waals surface area contributed by atoms with E-state index >= 15 is 0 Å². The van der Waals surface area contributed by atoms with E-state index in [1.807, 2.05) is 12.1 Å². The number of hydrogen-bond donors (Lipinski definition) is 0. The Bertz CT molecular complexity index is 2600. The van der Waals surface area contributed by atoms with Crippen molar-refractivity contribution in [3.63, 3.8) is 0 Å². The van der Waals surface area contributed by atoms with Gasteiger partial charge in [-0.3, -0.25) is 0 Å². The fraction of sp³-hybridized carbons (Fsp3) is 0.0870. The zero-order valence-corrected chi connectivity index (χ0v) is 28.5. The van der Waals surface area contributed by atoms with E-state index in [4.69, 9.17) is 19.9 Å². The molecule has 0 amide bonds. The lowest BCUT2D eigenvalue weighted by Crippen LogP contribution is -1.96. The lowest BCUT2D eigenvalue weighted by Gasteiger charge is -2.14. The lowest BCUT2D eigenvalue weighted by molar-refractivity contribution is 1.32. The number of aromatic nitrogens is 4. The van der Waals surface area contributed by atoms with Gasteiger partial charge in [0.15, 0.2) is 0 Å². The maximum Gasteiger partial charge on any atom is 0.0975 e. The molecule has 4 aromatic heterocycles. The summed E-state index contributed by atoms with van der Waals surface area (Å²) in [5.74, 6) is 0. The molecule has 0 aliphatic carbocycles. The van der Waals surface area contributed by atoms with Crippen molar-refractivity contribution in [2.45, 2.75) is 27.7 Å². The van der Waals surface area contributed by atoms with Gasteiger partial charge in [-0.05, 0) is 80.3 Å². The van der Waals surface area contributed by atoms with Crippen LogP contribution in [-0.4, -0.2) is 19.9 Å². The molecule has 4 heterocycles. The van der Waals surface area contributed by atoms with Crippen molar-refractivity contribution in [1.82, 2.24) is 19.9 Å². The summed E-state index contributed by atoms with van der Waals surface area (Å²) >= 11 is 0. The lowest BCUT2D eigenvalue weighted by atomic mass is 9.96. The van der Waals surface area contributed by atoms with E-state index in [2.05, 4.69) is 149 Å². The fourth-order valence-electron chi connectivity index (χ4n) is 7.28. The van der Waals surface area contributed by atoms with Gasteiger partial charge in [-0.15, -0.1) is 0 Å². The van der Waals surface area contributed by atoms with Crippen LogP contribution in [0.25, 0.3) is 88.6 Å². The third kappa shape index (κ3) is 4.83.